The van der Waals surface area contributed by atoms with Crippen LogP contribution in [0.5, 0.6) is 5.75 Å². The fourth-order valence-corrected chi connectivity index (χ4v) is 1.69. The smallest absolute Gasteiger partial charge is 0.309 e. The van der Waals surface area contributed by atoms with Gasteiger partial charge >= 0.3 is 5.97 Å². The summed E-state index contributed by atoms with van der Waals surface area (Å²) in [6.07, 6.45) is 0.346. The first-order valence-electron chi connectivity index (χ1n) is 6.13. The number of carbonyl (C=O) groups is 2. The highest BCUT2D eigenvalue weighted by Crippen LogP contribution is 2.25. The second-order valence-electron chi connectivity index (χ2n) is 5.04. The molecule has 1 aromatic rings. The minimum absolute atomic E-state index is 0.281. The van der Waals surface area contributed by atoms with Crippen molar-refractivity contribution < 1.29 is 19.4 Å². The number of carboxylic acids is 1. The van der Waals surface area contributed by atoms with Crippen LogP contribution in [0.4, 0.5) is 0 Å². The van der Waals surface area contributed by atoms with Crippen LogP contribution in [0.25, 0.3) is 0 Å². The van der Waals surface area contributed by atoms with Crippen LogP contribution in [-0.4, -0.2) is 30.6 Å². The molecular weight excluding hydrogens is 282 g/mol. The number of rotatable bonds is 6. The summed E-state index contributed by atoms with van der Waals surface area (Å²) in [6, 6.07) is 4.71. The summed E-state index contributed by atoms with van der Waals surface area (Å²) in [7, 11) is 1.47. The Morgan fingerprint density at radius 3 is 2.60 bits per heavy atom. The second kappa shape index (κ2) is 6.61. The summed E-state index contributed by atoms with van der Waals surface area (Å²) < 4.78 is 5.04. The maximum atomic E-state index is 11.9. The minimum Gasteiger partial charge on any atom is -0.495 e. The highest BCUT2D eigenvalue weighted by Gasteiger charge is 2.26. The lowest BCUT2D eigenvalue weighted by atomic mass is 9.90. The van der Waals surface area contributed by atoms with Crippen molar-refractivity contribution in [2.75, 3.05) is 13.7 Å². The first kappa shape index (κ1) is 16.3. The maximum absolute atomic E-state index is 11.9. The van der Waals surface area contributed by atoms with Crippen molar-refractivity contribution in [3.8, 4) is 5.75 Å². The number of aliphatic carboxylic acids is 1. The lowest BCUT2D eigenvalue weighted by Crippen LogP contribution is -2.31. The number of ether oxygens (including phenoxy) is 1. The molecule has 5 nitrogen and oxygen atoms in total. The lowest BCUT2D eigenvalue weighted by Gasteiger charge is -2.18. The van der Waals surface area contributed by atoms with E-state index < -0.39 is 11.4 Å². The van der Waals surface area contributed by atoms with Gasteiger partial charge in [-0.05, 0) is 38.5 Å². The standard InChI is InChI=1S/C14H18ClNO4/c1-14(2,13(18)19)6-7-16-12(17)9-4-5-10(15)11(8-9)20-3/h4-5,8H,6-7H2,1-3H3,(H,16,17)(H,18,19). The molecule has 0 fully saturated rings. The highest BCUT2D eigenvalue weighted by molar-refractivity contribution is 6.32. The fourth-order valence-electron chi connectivity index (χ4n) is 1.50. The van der Waals surface area contributed by atoms with Crippen LogP contribution in [0.2, 0.25) is 5.02 Å². The molecule has 0 aliphatic carbocycles. The van der Waals surface area contributed by atoms with Gasteiger partial charge in [-0.1, -0.05) is 11.6 Å². The summed E-state index contributed by atoms with van der Waals surface area (Å²) in [5.41, 5.74) is -0.454. The molecule has 0 heterocycles. The topological polar surface area (TPSA) is 75.6 Å². The Morgan fingerprint density at radius 1 is 1.40 bits per heavy atom. The van der Waals surface area contributed by atoms with Crippen LogP contribution < -0.4 is 10.1 Å². The molecule has 0 spiro atoms. The zero-order valence-corrected chi connectivity index (χ0v) is 12.5. The second-order valence-corrected chi connectivity index (χ2v) is 5.45. The molecule has 1 amide bonds. The van der Waals surface area contributed by atoms with Crippen molar-refractivity contribution in [2.45, 2.75) is 20.3 Å². The van der Waals surface area contributed by atoms with E-state index in [9.17, 15) is 9.59 Å². The number of hydrogen-bond donors (Lipinski definition) is 2. The lowest BCUT2D eigenvalue weighted by molar-refractivity contribution is -0.147. The number of halogens is 1. The molecule has 6 heteroatoms. The molecule has 2 N–H and O–H groups in total. The zero-order valence-electron chi connectivity index (χ0n) is 11.7. The van der Waals surface area contributed by atoms with Gasteiger partial charge < -0.3 is 15.2 Å². The zero-order chi connectivity index (χ0) is 15.3. The van der Waals surface area contributed by atoms with Crippen LogP contribution in [0.15, 0.2) is 18.2 Å². The van der Waals surface area contributed by atoms with Gasteiger partial charge in [0.15, 0.2) is 0 Å². The van der Waals surface area contributed by atoms with Crippen molar-refractivity contribution in [3.63, 3.8) is 0 Å². The SMILES string of the molecule is COc1cc(C(=O)NCCC(C)(C)C(=O)O)ccc1Cl. The number of benzene rings is 1. The third-order valence-electron chi connectivity index (χ3n) is 3.03. The van der Waals surface area contributed by atoms with Crippen molar-refractivity contribution in [2.24, 2.45) is 5.41 Å². The molecule has 0 unspecified atom stereocenters. The van der Waals surface area contributed by atoms with Gasteiger partial charge in [0, 0.05) is 12.1 Å². The van der Waals surface area contributed by atoms with Gasteiger partial charge in [-0.3, -0.25) is 9.59 Å². The normalized spacial score (nSPS) is 11.0. The van der Waals surface area contributed by atoms with Crippen LogP contribution in [0.3, 0.4) is 0 Å². The van der Waals surface area contributed by atoms with Crippen molar-refractivity contribution >= 4 is 23.5 Å². The average molecular weight is 300 g/mol. The van der Waals surface area contributed by atoms with Gasteiger partial charge in [0.25, 0.3) is 5.91 Å². The van der Waals surface area contributed by atoms with E-state index in [1.54, 1.807) is 32.0 Å². The Kier molecular flexibility index (Phi) is 5.39. The third kappa shape index (κ3) is 4.13. The van der Waals surface area contributed by atoms with Crippen molar-refractivity contribution in [1.82, 2.24) is 5.32 Å². The Hall–Kier alpha value is -1.75. The largest absolute Gasteiger partial charge is 0.495 e. The van der Waals surface area contributed by atoms with Gasteiger partial charge in [-0.15, -0.1) is 0 Å². The quantitative estimate of drug-likeness (QED) is 0.846. The first-order valence-corrected chi connectivity index (χ1v) is 6.51. The highest BCUT2D eigenvalue weighted by atomic mass is 35.5. The van der Waals surface area contributed by atoms with Crippen LogP contribution in [0.1, 0.15) is 30.6 Å². The molecule has 0 aliphatic heterocycles. The van der Waals surface area contributed by atoms with Crippen molar-refractivity contribution in [3.05, 3.63) is 28.8 Å². The molecule has 0 atom stereocenters. The molecule has 20 heavy (non-hydrogen) atoms. The van der Waals surface area contributed by atoms with E-state index in [2.05, 4.69) is 5.32 Å². The summed E-state index contributed by atoms with van der Waals surface area (Å²) in [5.74, 6) is -0.758. The predicted molar refractivity (Wildman–Crippen MR) is 76.4 cm³/mol. The summed E-state index contributed by atoms with van der Waals surface area (Å²) in [4.78, 5) is 22.9. The van der Waals surface area contributed by atoms with Crippen LogP contribution in [-0.2, 0) is 4.79 Å². The number of nitrogens with one attached hydrogen (secondary N) is 1. The maximum Gasteiger partial charge on any atom is 0.309 e. The van der Waals surface area contributed by atoms with E-state index in [0.29, 0.717) is 22.8 Å². The van der Waals surface area contributed by atoms with E-state index >= 15 is 0 Å². The number of hydrogen-bond acceptors (Lipinski definition) is 3. The molecule has 1 aromatic carbocycles. The third-order valence-corrected chi connectivity index (χ3v) is 3.34. The average Bonchev–Trinajstić information content (AvgIpc) is 2.38. The summed E-state index contributed by atoms with van der Waals surface area (Å²) >= 11 is 5.88. The Balaban J connectivity index is 2.62. The van der Waals surface area contributed by atoms with Crippen LogP contribution in [0, 0.1) is 5.41 Å². The Morgan fingerprint density at radius 2 is 2.05 bits per heavy atom. The summed E-state index contributed by atoms with van der Waals surface area (Å²) in [5, 5.41) is 12.1. The molecule has 0 saturated heterocycles. The molecule has 1 rings (SSSR count). The van der Waals surface area contributed by atoms with Gasteiger partial charge in [0.05, 0.1) is 17.5 Å². The Labute approximate surface area is 122 Å². The molecular formula is C14H18ClNO4. The molecule has 0 aromatic heterocycles. The van der Waals surface area contributed by atoms with Gasteiger partial charge in [0.1, 0.15) is 5.75 Å². The number of carbonyl (C=O) groups excluding carboxylic acids is 1. The van der Waals surface area contributed by atoms with E-state index in [1.165, 1.54) is 7.11 Å². The van der Waals surface area contributed by atoms with E-state index in [1.807, 2.05) is 0 Å². The Bertz CT molecular complexity index is 514. The minimum atomic E-state index is -0.889. The number of methoxy groups -OCH3 is 1. The predicted octanol–water partition coefficient (Wildman–Crippen LogP) is 2.58. The van der Waals surface area contributed by atoms with E-state index in [-0.39, 0.29) is 12.5 Å². The molecule has 0 radical (unpaired) electrons. The fraction of sp³-hybridized carbons (Fsp3) is 0.429. The number of amides is 1. The number of carboxylic acid groups (broad SMARTS) is 1. The molecule has 0 saturated carbocycles. The van der Waals surface area contributed by atoms with Gasteiger partial charge in [-0.25, -0.2) is 0 Å². The molecule has 0 aliphatic rings. The monoisotopic (exact) mass is 299 g/mol. The first-order chi connectivity index (χ1) is 9.27. The molecule has 110 valence electrons. The van der Waals surface area contributed by atoms with E-state index in [4.69, 9.17) is 21.4 Å². The van der Waals surface area contributed by atoms with Crippen molar-refractivity contribution in [1.29, 1.82) is 0 Å². The van der Waals surface area contributed by atoms with Gasteiger partial charge in [-0.2, -0.15) is 0 Å². The van der Waals surface area contributed by atoms with Crippen LogP contribution >= 0.6 is 11.6 Å². The van der Waals surface area contributed by atoms with Gasteiger partial charge in [0.2, 0.25) is 0 Å². The molecule has 0 bridgehead atoms. The van der Waals surface area contributed by atoms with E-state index in [0.717, 1.165) is 0 Å². The summed E-state index contributed by atoms with van der Waals surface area (Å²) in [6.45, 7) is 3.52.